The molecule has 1 unspecified atom stereocenters. The minimum Gasteiger partial charge on any atom is -0.504 e. The molecular formula is C21H35IN4O2. The van der Waals surface area contributed by atoms with Crippen molar-refractivity contribution in [3.05, 3.63) is 23.8 Å². The van der Waals surface area contributed by atoms with E-state index in [0.29, 0.717) is 12.3 Å². The summed E-state index contributed by atoms with van der Waals surface area (Å²) in [6.07, 6.45) is 5.35. The smallest absolute Gasteiger partial charge is 0.194 e. The van der Waals surface area contributed by atoms with Crippen molar-refractivity contribution in [2.24, 2.45) is 10.9 Å². The molecular weight excluding hydrogens is 467 g/mol. The van der Waals surface area contributed by atoms with Crippen molar-refractivity contribution in [1.82, 2.24) is 15.1 Å². The average molecular weight is 502 g/mol. The van der Waals surface area contributed by atoms with E-state index in [9.17, 15) is 5.11 Å². The Balaban J connectivity index is 0.00000280. The molecule has 1 aromatic rings. The van der Waals surface area contributed by atoms with Gasteiger partial charge in [0, 0.05) is 26.2 Å². The Morgan fingerprint density at radius 2 is 2.04 bits per heavy atom. The number of likely N-dealkylation sites (tertiary alicyclic amines) is 2. The van der Waals surface area contributed by atoms with Crippen molar-refractivity contribution in [2.75, 3.05) is 46.4 Å². The maximum atomic E-state index is 9.96. The minimum atomic E-state index is 0. The second-order valence-corrected chi connectivity index (χ2v) is 7.64. The number of hydrogen-bond acceptors (Lipinski definition) is 4. The fourth-order valence-electron chi connectivity index (χ4n) is 4.11. The van der Waals surface area contributed by atoms with Crippen LogP contribution in [0.5, 0.6) is 11.5 Å². The molecule has 28 heavy (non-hydrogen) atoms. The zero-order chi connectivity index (χ0) is 19.1. The van der Waals surface area contributed by atoms with Gasteiger partial charge in [-0.3, -0.25) is 0 Å². The summed E-state index contributed by atoms with van der Waals surface area (Å²) in [4.78, 5) is 9.84. The van der Waals surface area contributed by atoms with E-state index in [4.69, 9.17) is 9.73 Å². The SMILES string of the molecule is CCNC(=NCc1ccc(OC)c(O)c1)N1CCC(CN2CCCCC2)C1.I. The van der Waals surface area contributed by atoms with Crippen LogP contribution < -0.4 is 10.1 Å². The predicted octanol–water partition coefficient (Wildman–Crippen LogP) is 3.29. The third-order valence-electron chi connectivity index (χ3n) is 5.54. The first-order chi connectivity index (χ1) is 13.2. The molecule has 1 atom stereocenters. The van der Waals surface area contributed by atoms with Gasteiger partial charge in [0.1, 0.15) is 0 Å². The molecule has 0 radical (unpaired) electrons. The number of benzene rings is 1. The van der Waals surface area contributed by atoms with Gasteiger partial charge in [-0.05, 0) is 62.9 Å². The third kappa shape index (κ3) is 6.40. The number of nitrogens with zero attached hydrogens (tertiary/aromatic N) is 3. The average Bonchev–Trinajstić information content (AvgIpc) is 3.14. The van der Waals surface area contributed by atoms with Crippen LogP contribution in [0.1, 0.15) is 38.2 Å². The van der Waals surface area contributed by atoms with E-state index in [0.717, 1.165) is 37.1 Å². The van der Waals surface area contributed by atoms with E-state index in [1.807, 2.05) is 6.07 Å². The molecule has 1 aromatic carbocycles. The molecule has 0 aliphatic carbocycles. The highest BCUT2D eigenvalue weighted by Gasteiger charge is 2.26. The molecule has 2 saturated heterocycles. The van der Waals surface area contributed by atoms with Crippen LogP contribution >= 0.6 is 24.0 Å². The highest BCUT2D eigenvalue weighted by molar-refractivity contribution is 14.0. The highest BCUT2D eigenvalue weighted by Crippen LogP contribution is 2.26. The van der Waals surface area contributed by atoms with E-state index in [2.05, 4.69) is 22.0 Å². The first kappa shape index (κ1) is 23.1. The Labute approximate surface area is 186 Å². The maximum absolute atomic E-state index is 9.96. The number of nitrogens with one attached hydrogen (secondary N) is 1. The van der Waals surface area contributed by atoms with Crippen LogP contribution in [0, 0.1) is 5.92 Å². The zero-order valence-corrected chi connectivity index (χ0v) is 19.5. The van der Waals surface area contributed by atoms with Crippen LogP contribution in [0.25, 0.3) is 0 Å². The van der Waals surface area contributed by atoms with Gasteiger partial charge in [-0.25, -0.2) is 4.99 Å². The first-order valence-electron chi connectivity index (χ1n) is 10.3. The summed E-state index contributed by atoms with van der Waals surface area (Å²) in [5.41, 5.74) is 0.979. The number of ether oxygens (including phenoxy) is 1. The fraction of sp³-hybridized carbons (Fsp3) is 0.667. The fourth-order valence-corrected chi connectivity index (χ4v) is 4.11. The molecule has 0 spiro atoms. The molecule has 0 amide bonds. The van der Waals surface area contributed by atoms with Crippen molar-refractivity contribution in [3.8, 4) is 11.5 Å². The van der Waals surface area contributed by atoms with Gasteiger partial charge in [-0.2, -0.15) is 0 Å². The van der Waals surface area contributed by atoms with Gasteiger partial charge in [-0.15, -0.1) is 24.0 Å². The monoisotopic (exact) mass is 502 g/mol. The van der Waals surface area contributed by atoms with Gasteiger partial charge < -0.3 is 25.0 Å². The number of aliphatic imine (C=N–C) groups is 1. The number of guanidine groups is 1. The number of phenolic OH excluding ortho intramolecular Hbond substituents is 1. The first-order valence-corrected chi connectivity index (χ1v) is 10.3. The highest BCUT2D eigenvalue weighted by atomic mass is 127. The molecule has 2 fully saturated rings. The van der Waals surface area contributed by atoms with Crippen LogP contribution in [-0.4, -0.2) is 67.2 Å². The molecule has 0 bridgehead atoms. The van der Waals surface area contributed by atoms with Gasteiger partial charge in [-0.1, -0.05) is 12.5 Å². The van der Waals surface area contributed by atoms with E-state index < -0.39 is 0 Å². The van der Waals surface area contributed by atoms with Gasteiger partial charge in [0.15, 0.2) is 17.5 Å². The van der Waals surface area contributed by atoms with Crippen LogP contribution in [-0.2, 0) is 6.54 Å². The topological polar surface area (TPSA) is 60.3 Å². The number of aromatic hydroxyl groups is 1. The lowest BCUT2D eigenvalue weighted by atomic mass is 10.1. The summed E-state index contributed by atoms with van der Waals surface area (Å²) in [6, 6.07) is 5.47. The van der Waals surface area contributed by atoms with Crippen molar-refractivity contribution in [2.45, 2.75) is 39.2 Å². The van der Waals surface area contributed by atoms with Crippen molar-refractivity contribution >= 4 is 29.9 Å². The molecule has 2 N–H and O–H groups in total. The summed E-state index contributed by atoms with van der Waals surface area (Å²) < 4.78 is 5.11. The summed E-state index contributed by atoms with van der Waals surface area (Å²) >= 11 is 0. The number of halogens is 1. The zero-order valence-electron chi connectivity index (χ0n) is 17.2. The van der Waals surface area contributed by atoms with Gasteiger partial charge in [0.25, 0.3) is 0 Å². The maximum Gasteiger partial charge on any atom is 0.194 e. The Kier molecular flexibility index (Phi) is 9.64. The van der Waals surface area contributed by atoms with E-state index in [-0.39, 0.29) is 29.7 Å². The predicted molar refractivity (Wildman–Crippen MR) is 125 cm³/mol. The number of phenols is 1. The Morgan fingerprint density at radius 3 is 2.71 bits per heavy atom. The Morgan fingerprint density at radius 1 is 1.25 bits per heavy atom. The molecule has 2 aliphatic heterocycles. The van der Waals surface area contributed by atoms with E-state index in [1.165, 1.54) is 45.3 Å². The lowest BCUT2D eigenvalue weighted by molar-refractivity contribution is 0.198. The van der Waals surface area contributed by atoms with Crippen LogP contribution in [0.3, 0.4) is 0 Å². The molecule has 0 aromatic heterocycles. The molecule has 7 heteroatoms. The summed E-state index contributed by atoms with van der Waals surface area (Å²) in [7, 11) is 1.56. The lowest BCUT2D eigenvalue weighted by Gasteiger charge is -2.29. The van der Waals surface area contributed by atoms with Crippen molar-refractivity contribution < 1.29 is 9.84 Å². The minimum absolute atomic E-state index is 0. The van der Waals surface area contributed by atoms with Crippen molar-refractivity contribution in [3.63, 3.8) is 0 Å². The summed E-state index contributed by atoms with van der Waals surface area (Å²) in [5, 5.41) is 13.4. The standard InChI is InChI=1S/C21H34N4O2.HI/c1-3-22-21(23-14-17-7-8-20(27-2)19(26)13-17)25-12-9-18(16-25)15-24-10-5-4-6-11-24;/h7-8,13,18,26H,3-6,9-12,14-16H2,1-2H3,(H,22,23);1H. The number of rotatable bonds is 6. The number of methoxy groups -OCH3 is 1. The van der Waals surface area contributed by atoms with Crippen LogP contribution in [0.4, 0.5) is 0 Å². The van der Waals surface area contributed by atoms with E-state index in [1.54, 1.807) is 19.2 Å². The lowest BCUT2D eigenvalue weighted by Crippen LogP contribution is -2.41. The molecule has 0 saturated carbocycles. The normalized spacial score (nSPS) is 20.7. The van der Waals surface area contributed by atoms with Gasteiger partial charge in [0.05, 0.1) is 13.7 Å². The number of hydrogen-bond donors (Lipinski definition) is 2. The number of piperidine rings is 1. The Bertz CT molecular complexity index is 635. The summed E-state index contributed by atoms with van der Waals surface area (Å²) in [6.45, 7) is 9.43. The van der Waals surface area contributed by atoms with Crippen LogP contribution in [0.2, 0.25) is 0 Å². The van der Waals surface area contributed by atoms with E-state index >= 15 is 0 Å². The largest absolute Gasteiger partial charge is 0.504 e. The quantitative estimate of drug-likeness (QED) is 0.355. The third-order valence-corrected chi connectivity index (χ3v) is 5.54. The second-order valence-electron chi connectivity index (χ2n) is 7.64. The Hall–Kier alpha value is -1.22. The summed E-state index contributed by atoms with van der Waals surface area (Å²) in [5.74, 6) is 2.37. The second kappa shape index (κ2) is 11.7. The molecule has 158 valence electrons. The molecule has 6 nitrogen and oxygen atoms in total. The van der Waals surface area contributed by atoms with Gasteiger partial charge in [0.2, 0.25) is 0 Å². The molecule has 2 heterocycles. The van der Waals surface area contributed by atoms with Gasteiger partial charge >= 0.3 is 0 Å². The van der Waals surface area contributed by atoms with Crippen molar-refractivity contribution in [1.29, 1.82) is 0 Å². The molecule has 3 rings (SSSR count). The van der Waals surface area contributed by atoms with Crippen LogP contribution in [0.15, 0.2) is 23.2 Å². The molecule has 2 aliphatic rings.